The number of hydrogen-bond donors (Lipinski definition) is 2. The fraction of sp³-hybridized carbons (Fsp3) is 1.00. The molecular formula is C11H21NO. The lowest BCUT2D eigenvalue weighted by Gasteiger charge is -2.48. The second-order valence-corrected chi connectivity index (χ2v) is 5.04. The van der Waals surface area contributed by atoms with Gasteiger partial charge < -0.3 is 10.8 Å². The van der Waals surface area contributed by atoms with Crippen LogP contribution < -0.4 is 5.73 Å². The van der Waals surface area contributed by atoms with E-state index in [1.54, 1.807) is 0 Å². The Kier molecular flexibility index (Phi) is 2.16. The van der Waals surface area contributed by atoms with Gasteiger partial charge in [0.1, 0.15) is 0 Å². The zero-order chi connectivity index (χ0) is 9.53. The first kappa shape index (κ1) is 9.47. The van der Waals surface area contributed by atoms with Gasteiger partial charge in [0.05, 0.1) is 6.10 Å². The van der Waals surface area contributed by atoms with E-state index in [-0.39, 0.29) is 16.9 Å². The second kappa shape index (κ2) is 2.96. The summed E-state index contributed by atoms with van der Waals surface area (Å²) in [5.41, 5.74) is 6.11. The fourth-order valence-electron chi connectivity index (χ4n) is 2.85. The smallest absolute Gasteiger partial charge is 0.0664 e. The van der Waals surface area contributed by atoms with Gasteiger partial charge in [-0.2, -0.15) is 0 Å². The summed E-state index contributed by atoms with van der Waals surface area (Å²) in [5.74, 6) is 0. The van der Waals surface area contributed by atoms with E-state index in [1.165, 1.54) is 19.3 Å². The molecule has 0 heterocycles. The van der Waals surface area contributed by atoms with Crippen molar-refractivity contribution in [1.82, 2.24) is 0 Å². The number of aliphatic hydroxyl groups is 1. The highest BCUT2D eigenvalue weighted by Crippen LogP contribution is 2.59. The molecule has 2 aliphatic carbocycles. The summed E-state index contributed by atoms with van der Waals surface area (Å²) < 4.78 is 0. The van der Waals surface area contributed by atoms with E-state index in [1.807, 2.05) is 0 Å². The van der Waals surface area contributed by atoms with Gasteiger partial charge in [-0.15, -0.1) is 0 Å². The molecule has 0 saturated heterocycles. The Morgan fingerprint density at radius 1 is 1.23 bits per heavy atom. The van der Waals surface area contributed by atoms with Gasteiger partial charge in [0.25, 0.3) is 0 Å². The van der Waals surface area contributed by atoms with E-state index < -0.39 is 0 Å². The third-order valence-electron chi connectivity index (χ3n) is 4.51. The molecule has 2 heteroatoms. The van der Waals surface area contributed by atoms with E-state index >= 15 is 0 Å². The number of hydrogen-bond acceptors (Lipinski definition) is 2. The number of rotatable bonds is 4. The zero-order valence-corrected chi connectivity index (χ0v) is 8.55. The standard InChI is InChI=1S/C11H21NO/c1-2-10(4-3-5-10)9(13)11(8-12)6-7-11/h9,13H,2-8,12H2,1H3. The van der Waals surface area contributed by atoms with Crippen molar-refractivity contribution in [2.45, 2.75) is 51.6 Å². The van der Waals surface area contributed by atoms with Gasteiger partial charge in [-0.05, 0) is 37.5 Å². The summed E-state index contributed by atoms with van der Waals surface area (Å²) in [6, 6.07) is 0. The summed E-state index contributed by atoms with van der Waals surface area (Å²) in [6.45, 7) is 2.88. The fourth-order valence-corrected chi connectivity index (χ4v) is 2.85. The Hall–Kier alpha value is -0.0800. The van der Waals surface area contributed by atoms with Crippen LogP contribution in [0.5, 0.6) is 0 Å². The Morgan fingerprint density at radius 3 is 2.08 bits per heavy atom. The minimum absolute atomic E-state index is 0.121. The molecule has 0 amide bonds. The molecular weight excluding hydrogens is 162 g/mol. The third kappa shape index (κ3) is 1.23. The SMILES string of the molecule is CCC1(C(O)C2(CN)CC2)CCC1. The van der Waals surface area contributed by atoms with Crippen molar-refractivity contribution in [2.24, 2.45) is 16.6 Å². The van der Waals surface area contributed by atoms with Crippen LogP contribution in [0.1, 0.15) is 45.4 Å². The summed E-state index contributed by atoms with van der Waals surface area (Å²) in [6.07, 6.45) is 7.02. The van der Waals surface area contributed by atoms with Crippen LogP contribution in [0.4, 0.5) is 0 Å². The van der Waals surface area contributed by atoms with Crippen molar-refractivity contribution in [1.29, 1.82) is 0 Å². The molecule has 0 aromatic heterocycles. The molecule has 76 valence electrons. The first-order chi connectivity index (χ1) is 6.19. The second-order valence-electron chi connectivity index (χ2n) is 5.04. The van der Waals surface area contributed by atoms with Crippen LogP contribution in [0.3, 0.4) is 0 Å². The molecule has 2 nitrogen and oxygen atoms in total. The van der Waals surface area contributed by atoms with Crippen molar-refractivity contribution >= 4 is 0 Å². The van der Waals surface area contributed by atoms with Crippen LogP contribution in [0.2, 0.25) is 0 Å². The molecule has 0 aliphatic heterocycles. The number of nitrogens with two attached hydrogens (primary N) is 1. The first-order valence-corrected chi connectivity index (χ1v) is 5.57. The van der Waals surface area contributed by atoms with E-state index in [0.717, 1.165) is 19.3 Å². The van der Waals surface area contributed by atoms with Gasteiger partial charge in [0.2, 0.25) is 0 Å². The predicted octanol–water partition coefficient (Wildman–Crippen LogP) is 1.67. The maximum atomic E-state index is 10.3. The van der Waals surface area contributed by atoms with Crippen molar-refractivity contribution in [3.8, 4) is 0 Å². The largest absolute Gasteiger partial charge is 0.392 e. The lowest BCUT2D eigenvalue weighted by atomic mass is 9.60. The van der Waals surface area contributed by atoms with Gasteiger partial charge in [-0.25, -0.2) is 0 Å². The summed E-state index contributed by atoms with van der Waals surface area (Å²) in [5, 5.41) is 10.3. The molecule has 2 rings (SSSR count). The topological polar surface area (TPSA) is 46.2 Å². The lowest BCUT2D eigenvalue weighted by Crippen LogP contribution is -2.48. The normalized spacial score (nSPS) is 30.7. The molecule has 1 atom stereocenters. The van der Waals surface area contributed by atoms with Gasteiger partial charge in [0, 0.05) is 12.0 Å². The van der Waals surface area contributed by atoms with E-state index in [9.17, 15) is 5.11 Å². The molecule has 1 unspecified atom stereocenters. The van der Waals surface area contributed by atoms with Crippen molar-refractivity contribution in [2.75, 3.05) is 6.54 Å². The Balaban J connectivity index is 2.06. The third-order valence-corrected chi connectivity index (χ3v) is 4.51. The van der Waals surface area contributed by atoms with Crippen molar-refractivity contribution in [3.05, 3.63) is 0 Å². The molecule has 3 N–H and O–H groups in total. The molecule has 0 radical (unpaired) electrons. The van der Waals surface area contributed by atoms with Gasteiger partial charge in [-0.3, -0.25) is 0 Å². The van der Waals surface area contributed by atoms with E-state index in [0.29, 0.717) is 6.54 Å². The average molecular weight is 183 g/mol. The summed E-state index contributed by atoms with van der Waals surface area (Å²) >= 11 is 0. The van der Waals surface area contributed by atoms with Gasteiger partial charge >= 0.3 is 0 Å². The summed E-state index contributed by atoms with van der Waals surface area (Å²) in [4.78, 5) is 0. The van der Waals surface area contributed by atoms with Crippen LogP contribution in [0.25, 0.3) is 0 Å². The van der Waals surface area contributed by atoms with E-state index in [4.69, 9.17) is 5.73 Å². The maximum Gasteiger partial charge on any atom is 0.0664 e. The monoisotopic (exact) mass is 183 g/mol. The van der Waals surface area contributed by atoms with Crippen LogP contribution >= 0.6 is 0 Å². The minimum Gasteiger partial charge on any atom is -0.392 e. The van der Waals surface area contributed by atoms with Gasteiger partial charge in [-0.1, -0.05) is 13.3 Å². The predicted molar refractivity (Wildman–Crippen MR) is 53.3 cm³/mol. The zero-order valence-electron chi connectivity index (χ0n) is 8.55. The Labute approximate surface area is 80.5 Å². The van der Waals surface area contributed by atoms with E-state index in [2.05, 4.69) is 6.92 Å². The average Bonchev–Trinajstić information content (AvgIpc) is 2.83. The molecule has 2 fully saturated rings. The minimum atomic E-state index is -0.122. The quantitative estimate of drug-likeness (QED) is 0.696. The molecule has 13 heavy (non-hydrogen) atoms. The van der Waals surface area contributed by atoms with Crippen molar-refractivity contribution < 1.29 is 5.11 Å². The first-order valence-electron chi connectivity index (χ1n) is 5.57. The highest BCUT2D eigenvalue weighted by molar-refractivity contribution is 5.08. The Morgan fingerprint density at radius 2 is 1.85 bits per heavy atom. The maximum absolute atomic E-state index is 10.3. The molecule has 2 saturated carbocycles. The van der Waals surface area contributed by atoms with Crippen LogP contribution in [-0.2, 0) is 0 Å². The lowest BCUT2D eigenvalue weighted by molar-refractivity contribution is -0.0779. The van der Waals surface area contributed by atoms with Crippen LogP contribution in [0, 0.1) is 10.8 Å². The van der Waals surface area contributed by atoms with Gasteiger partial charge in [0.15, 0.2) is 0 Å². The van der Waals surface area contributed by atoms with Crippen molar-refractivity contribution in [3.63, 3.8) is 0 Å². The molecule has 0 aromatic carbocycles. The Bertz CT molecular complexity index is 189. The highest BCUT2D eigenvalue weighted by Gasteiger charge is 2.57. The molecule has 0 aromatic rings. The highest BCUT2D eigenvalue weighted by atomic mass is 16.3. The summed E-state index contributed by atoms with van der Waals surface area (Å²) in [7, 11) is 0. The molecule has 0 bridgehead atoms. The number of aliphatic hydroxyl groups excluding tert-OH is 1. The van der Waals surface area contributed by atoms with Crippen LogP contribution in [0.15, 0.2) is 0 Å². The molecule has 2 aliphatic rings. The molecule has 0 spiro atoms. The van der Waals surface area contributed by atoms with Crippen LogP contribution in [-0.4, -0.2) is 17.8 Å².